The first-order chi connectivity index (χ1) is 12.2. The molecule has 0 radical (unpaired) electrons. The van der Waals surface area contributed by atoms with Crippen molar-refractivity contribution < 1.29 is 9.18 Å². The highest BCUT2D eigenvalue weighted by molar-refractivity contribution is 6.04. The molecule has 3 aliphatic rings. The second-order valence-electron chi connectivity index (χ2n) is 6.50. The summed E-state index contributed by atoms with van der Waals surface area (Å²) in [6.07, 6.45) is 5.54. The molecule has 0 unspecified atom stereocenters. The number of carbonyl (C=O) groups is 1. The Morgan fingerprint density at radius 3 is 2.35 bits per heavy atom. The van der Waals surface area contributed by atoms with Crippen LogP contribution in [0.15, 0.2) is 36.7 Å². The largest absolute Gasteiger partial charge is 0.336 e. The van der Waals surface area contributed by atoms with Crippen LogP contribution in [-0.2, 0) is 0 Å². The summed E-state index contributed by atoms with van der Waals surface area (Å²) in [4.78, 5) is 25.8. The highest BCUT2D eigenvalue weighted by atomic mass is 35.5. The zero-order valence-corrected chi connectivity index (χ0v) is 15.1. The quantitative estimate of drug-likeness (QED) is 0.890. The Morgan fingerprint density at radius 2 is 1.69 bits per heavy atom. The van der Waals surface area contributed by atoms with Crippen molar-refractivity contribution in [2.24, 2.45) is 0 Å². The monoisotopic (exact) mass is 377 g/mol. The number of amides is 1. The number of benzene rings is 1. The van der Waals surface area contributed by atoms with Gasteiger partial charge < -0.3 is 15.1 Å². The van der Waals surface area contributed by atoms with Gasteiger partial charge in [0, 0.05) is 37.8 Å². The second-order valence-corrected chi connectivity index (χ2v) is 6.50. The summed E-state index contributed by atoms with van der Waals surface area (Å²) in [6, 6.07) is 5.92. The van der Waals surface area contributed by atoms with E-state index in [2.05, 4.69) is 25.1 Å². The standard InChI is InChI=1S/C18H20FN5O.ClH/c19-14-3-1-13(2-4-14)17(25)22-15-11-20-18(21-12-15)24-10-9-23-7-5-16(24)6-8-23;/h1-4,11-12,16H,5-10H2,(H,22,25);1H. The molecule has 0 aliphatic carbocycles. The van der Waals surface area contributed by atoms with E-state index in [1.807, 2.05) is 0 Å². The molecule has 1 amide bonds. The number of anilines is 2. The van der Waals surface area contributed by atoms with E-state index in [1.54, 1.807) is 12.4 Å². The van der Waals surface area contributed by atoms with Crippen molar-refractivity contribution in [3.63, 3.8) is 0 Å². The van der Waals surface area contributed by atoms with E-state index in [0.717, 1.165) is 39.0 Å². The molecule has 0 saturated carbocycles. The molecule has 3 saturated heterocycles. The Bertz CT molecular complexity index is 747. The molecule has 1 aromatic heterocycles. The molecule has 8 heteroatoms. The predicted octanol–water partition coefficient (Wildman–Crippen LogP) is 2.57. The van der Waals surface area contributed by atoms with E-state index < -0.39 is 0 Å². The molecular formula is C18H21ClFN5O. The number of fused-ring (bicyclic) bond motifs is 4. The molecule has 0 atom stereocenters. The topological polar surface area (TPSA) is 61.4 Å². The first-order valence-corrected chi connectivity index (χ1v) is 8.57. The van der Waals surface area contributed by atoms with Gasteiger partial charge in [-0.15, -0.1) is 12.4 Å². The fourth-order valence-electron chi connectivity index (χ4n) is 3.49. The zero-order chi connectivity index (χ0) is 17.2. The summed E-state index contributed by atoms with van der Waals surface area (Å²) in [7, 11) is 0. The van der Waals surface area contributed by atoms with Crippen LogP contribution in [0, 0.1) is 5.82 Å². The van der Waals surface area contributed by atoms with Crippen molar-refractivity contribution >= 4 is 29.9 Å². The van der Waals surface area contributed by atoms with Crippen molar-refractivity contribution in [1.29, 1.82) is 0 Å². The molecule has 26 heavy (non-hydrogen) atoms. The van der Waals surface area contributed by atoms with E-state index >= 15 is 0 Å². The Morgan fingerprint density at radius 1 is 1.04 bits per heavy atom. The summed E-state index contributed by atoms with van der Waals surface area (Å²) < 4.78 is 12.9. The van der Waals surface area contributed by atoms with Gasteiger partial charge in [0.15, 0.2) is 0 Å². The average Bonchev–Trinajstić information content (AvgIpc) is 2.97. The lowest BCUT2D eigenvalue weighted by Gasteiger charge is -2.31. The van der Waals surface area contributed by atoms with E-state index in [4.69, 9.17) is 0 Å². The van der Waals surface area contributed by atoms with Crippen LogP contribution in [0.3, 0.4) is 0 Å². The van der Waals surface area contributed by atoms with E-state index in [0.29, 0.717) is 23.2 Å². The molecule has 2 aromatic rings. The average molecular weight is 378 g/mol. The fourth-order valence-corrected chi connectivity index (χ4v) is 3.49. The third-order valence-electron chi connectivity index (χ3n) is 4.91. The van der Waals surface area contributed by atoms with Crippen molar-refractivity contribution in [2.45, 2.75) is 18.9 Å². The Kier molecular flexibility index (Phi) is 5.68. The van der Waals surface area contributed by atoms with Gasteiger partial charge in [0.1, 0.15) is 5.82 Å². The number of rotatable bonds is 3. The smallest absolute Gasteiger partial charge is 0.255 e. The molecule has 3 fully saturated rings. The lowest BCUT2D eigenvalue weighted by atomic mass is 10.1. The number of carbonyl (C=O) groups excluding carboxylic acids is 1. The number of aromatic nitrogens is 2. The summed E-state index contributed by atoms with van der Waals surface area (Å²) in [5, 5.41) is 2.74. The highest BCUT2D eigenvalue weighted by Gasteiger charge is 2.30. The van der Waals surface area contributed by atoms with Crippen LogP contribution in [-0.4, -0.2) is 53.0 Å². The van der Waals surface area contributed by atoms with Gasteiger partial charge in [-0.1, -0.05) is 0 Å². The lowest BCUT2D eigenvalue weighted by Crippen LogP contribution is -2.38. The second kappa shape index (κ2) is 7.97. The van der Waals surface area contributed by atoms with Crippen LogP contribution in [0.25, 0.3) is 0 Å². The number of piperidine rings is 1. The first-order valence-electron chi connectivity index (χ1n) is 8.57. The van der Waals surface area contributed by atoms with Gasteiger partial charge in [-0.25, -0.2) is 14.4 Å². The maximum atomic E-state index is 12.9. The minimum Gasteiger partial charge on any atom is -0.336 e. The maximum absolute atomic E-state index is 12.9. The lowest BCUT2D eigenvalue weighted by molar-refractivity contribution is 0.102. The van der Waals surface area contributed by atoms with Crippen LogP contribution in [0.2, 0.25) is 0 Å². The van der Waals surface area contributed by atoms with Crippen LogP contribution in [0.5, 0.6) is 0 Å². The molecule has 5 rings (SSSR count). The van der Waals surface area contributed by atoms with Crippen LogP contribution in [0.1, 0.15) is 23.2 Å². The molecule has 138 valence electrons. The minimum absolute atomic E-state index is 0. The van der Waals surface area contributed by atoms with E-state index in [9.17, 15) is 9.18 Å². The van der Waals surface area contributed by atoms with Crippen molar-refractivity contribution in [1.82, 2.24) is 14.9 Å². The number of nitrogens with zero attached hydrogens (tertiary/aromatic N) is 4. The van der Waals surface area contributed by atoms with Crippen molar-refractivity contribution in [2.75, 3.05) is 36.4 Å². The maximum Gasteiger partial charge on any atom is 0.255 e. The molecule has 1 N–H and O–H groups in total. The molecule has 4 heterocycles. The fraction of sp³-hybridized carbons (Fsp3) is 0.389. The number of nitrogens with one attached hydrogen (secondary N) is 1. The van der Waals surface area contributed by atoms with Gasteiger partial charge in [0.2, 0.25) is 5.95 Å². The van der Waals surface area contributed by atoms with E-state index in [1.165, 1.54) is 24.3 Å². The Balaban J connectivity index is 0.00000196. The van der Waals surface area contributed by atoms with Gasteiger partial charge >= 0.3 is 0 Å². The third kappa shape index (κ3) is 3.94. The van der Waals surface area contributed by atoms with Gasteiger partial charge in [-0.05, 0) is 37.1 Å². The van der Waals surface area contributed by atoms with Crippen LogP contribution >= 0.6 is 12.4 Å². The van der Waals surface area contributed by atoms with E-state index in [-0.39, 0.29) is 24.1 Å². The van der Waals surface area contributed by atoms with Crippen LogP contribution < -0.4 is 10.2 Å². The molecular weight excluding hydrogens is 357 g/mol. The molecule has 0 spiro atoms. The van der Waals surface area contributed by atoms with Crippen molar-refractivity contribution in [3.8, 4) is 0 Å². The summed E-state index contributed by atoms with van der Waals surface area (Å²) in [5.41, 5.74) is 0.921. The van der Waals surface area contributed by atoms with Gasteiger partial charge in [-0.3, -0.25) is 4.79 Å². The number of hydrogen-bond acceptors (Lipinski definition) is 5. The first kappa shape index (κ1) is 18.5. The summed E-state index contributed by atoms with van der Waals surface area (Å²) in [5.74, 6) is 0.0400. The van der Waals surface area contributed by atoms with Gasteiger partial charge in [0.25, 0.3) is 5.91 Å². The highest BCUT2D eigenvalue weighted by Crippen LogP contribution is 2.24. The normalized spacial score (nSPS) is 21.7. The Labute approximate surface area is 157 Å². The summed E-state index contributed by atoms with van der Waals surface area (Å²) >= 11 is 0. The number of halogens is 2. The molecule has 1 aromatic carbocycles. The molecule has 2 bridgehead atoms. The van der Waals surface area contributed by atoms with Gasteiger partial charge in [0.05, 0.1) is 18.1 Å². The van der Waals surface area contributed by atoms with Gasteiger partial charge in [-0.2, -0.15) is 0 Å². The SMILES string of the molecule is Cl.O=C(Nc1cnc(N2CCN3CCC2CC3)nc1)c1ccc(F)cc1. The molecule has 3 aliphatic heterocycles. The summed E-state index contributed by atoms with van der Waals surface area (Å²) in [6.45, 7) is 4.27. The molecule has 6 nitrogen and oxygen atoms in total. The Hall–Kier alpha value is -2.25. The number of hydrogen-bond donors (Lipinski definition) is 1. The zero-order valence-electron chi connectivity index (χ0n) is 14.3. The third-order valence-corrected chi connectivity index (χ3v) is 4.91. The van der Waals surface area contributed by atoms with Crippen molar-refractivity contribution in [3.05, 3.63) is 48.0 Å². The predicted molar refractivity (Wildman–Crippen MR) is 100 cm³/mol. The minimum atomic E-state index is -0.368. The van der Waals surface area contributed by atoms with Crippen LogP contribution in [0.4, 0.5) is 16.0 Å².